The van der Waals surface area contributed by atoms with Gasteiger partial charge in [-0.25, -0.2) is 0 Å². The van der Waals surface area contributed by atoms with Gasteiger partial charge in [-0.05, 0) is 48.9 Å². The van der Waals surface area contributed by atoms with Crippen molar-refractivity contribution in [3.8, 4) is 23.0 Å². The van der Waals surface area contributed by atoms with Gasteiger partial charge in [0.25, 0.3) is 0 Å². The number of fused-ring (bicyclic) bond motifs is 3. The molecule has 0 bridgehead atoms. The molecule has 0 amide bonds. The Balaban J connectivity index is 1.50. The Kier molecular flexibility index (Phi) is 6.13. The molecule has 8 heteroatoms. The molecule has 4 aromatic rings. The van der Waals surface area contributed by atoms with E-state index in [0.717, 1.165) is 11.1 Å². The molecule has 6 nitrogen and oxygen atoms in total. The van der Waals surface area contributed by atoms with Crippen molar-refractivity contribution in [2.45, 2.75) is 20.0 Å². The number of hydrogen-bond acceptors (Lipinski definition) is 6. The van der Waals surface area contributed by atoms with Crippen LogP contribution in [-0.2, 0) is 13.1 Å². The first-order valence-electron chi connectivity index (χ1n) is 10.6. The van der Waals surface area contributed by atoms with E-state index in [2.05, 4.69) is 4.90 Å². The molecule has 0 N–H and O–H groups in total. The predicted molar refractivity (Wildman–Crippen MR) is 131 cm³/mol. The van der Waals surface area contributed by atoms with Crippen molar-refractivity contribution in [1.29, 1.82) is 0 Å². The SMILES string of the molecule is COc1ccccc1Oc1c(C)oc2c3c(ccc2c1=O)OCN(Cc1ccc(Cl)cc1Cl)C3. The molecule has 0 radical (unpaired) electrons. The van der Waals surface area contributed by atoms with Crippen molar-refractivity contribution < 1.29 is 18.6 Å². The van der Waals surface area contributed by atoms with Crippen LogP contribution in [0.25, 0.3) is 11.0 Å². The number of ether oxygens (including phenoxy) is 3. The van der Waals surface area contributed by atoms with Crippen LogP contribution in [-0.4, -0.2) is 18.7 Å². The molecule has 2 heterocycles. The fourth-order valence-corrected chi connectivity index (χ4v) is 4.49. The van der Waals surface area contributed by atoms with E-state index in [1.807, 2.05) is 24.3 Å². The van der Waals surface area contributed by atoms with Gasteiger partial charge >= 0.3 is 0 Å². The molecule has 0 spiro atoms. The maximum Gasteiger partial charge on any atom is 0.235 e. The molecule has 174 valence electrons. The van der Waals surface area contributed by atoms with Gasteiger partial charge in [0.1, 0.15) is 23.8 Å². The van der Waals surface area contributed by atoms with E-state index in [4.69, 9.17) is 41.8 Å². The first kappa shape index (κ1) is 22.6. The lowest BCUT2D eigenvalue weighted by Gasteiger charge is -2.29. The molecular formula is C26H21Cl2NO5. The highest BCUT2D eigenvalue weighted by Crippen LogP contribution is 2.36. The van der Waals surface area contributed by atoms with Crippen molar-refractivity contribution in [3.05, 3.63) is 91.8 Å². The maximum absolute atomic E-state index is 13.4. The Hall–Kier alpha value is -3.19. The van der Waals surface area contributed by atoms with Crippen LogP contribution in [0.3, 0.4) is 0 Å². The average molecular weight is 498 g/mol. The van der Waals surface area contributed by atoms with Crippen LogP contribution in [0.5, 0.6) is 23.0 Å². The topological polar surface area (TPSA) is 61.1 Å². The summed E-state index contributed by atoms with van der Waals surface area (Å²) in [4.78, 5) is 15.5. The van der Waals surface area contributed by atoms with Crippen LogP contribution < -0.4 is 19.6 Å². The quantitative estimate of drug-likeness (QED) is 0.311. The number of nitrogens with zero attached hydrogens (tertiary/aromatic N) is 1. The van der Waals surface area contributed by atoms with E-state index >= 15 is 0 Å². The highest BCUT2D eigenvalue weighted by atomic mass is 35.5. The van der Waals surface area contributed by atoms with Crippen LogP contribution in [0.2, 0.25) is 10.0 Å². The van der Waals surface area contributed by atoms with E-state index in [-0.39, 0.29) is 11.2 Å². The molecule has 34 heavy (non-hydrogen) atoms. The van der Waals surface area contributed by atoms with Gasteiger partial charge in [-0.15, -0.1) is 0 Å². The number of halogens is 2. The first-order chi connectivity index (χ1) is 16.4. The molecule has 0 unspecified atom stereocenters. The summed E-state index contributed by atoms with van der Waals surface area (Å²) in [5.41, 5.74) is 1.96. The molecule has 1 aliphatic rings. The van der Waals surface area contributed by atoms with Gasteiger partial charge in [0.15, 0.2) is 11.5 Å². The van der Waals surface area contributed by atoms with Crippen LogP contribution in [0.4, 0.5) is 0 Å². The van der Waals surface area contributed by atoms with Crippen LogP contribution >= 0.6 is 23.2 Å². The van der Waals surface area contributed by atoms with Crippen molar-refractivity contribution >= 4 is 34.2 Å². The number of hydrogen-bond donors (Lipinski definition) is 0. The zero-order valence-electron chi connectivity index (χ0n) is 18.6. The number of aryl methyl sites for hydroxylation is 1. The van der Waals surface area contributed by atoms with Gasteiger partial charge in [0, 0.05) is 23.1 Å². The minimum absolute atomic E-state index is 0.124. The third kappa shape index (κ3) is 4.20. The summed E-state index contributed by atoms with van der Waals surface area (Å²) < 4.78 is 23.4. The van der Waals surface area contributed by atoms with Gasteiger partial charge in [-0.1, -0.05) is 41.4 Å². The summed E-state index contributed by atoms with van der Waals surface area (Å²) in [7, 11) is 1.55. The molecule has 3 aromatic carbocycles. The van der Waals surface area contributed by atoms with Crippen LogP contribution in [0.15, 0.2) is 63.8 Å². The summed E-state index contributed by atoms with van der Waals surface area (Å²) in [5.74, 6) is 2.14. The Morgan fingerprint density at radius 2 is 1.85 bits per heavy atom. The summed E-state index contributed by atoms with van der Waals surface area (Å²) in [5, 5.41) is 1.60. The number of methoxy groups -OCH3 is 1. The van der Waals surface area contributed by atoms with Gasteiger partial charge in [0.2, 0.25) is 11.2 Å². The highest BCUT2D eigenvalue weighted by Gasteiger charge is 2.25. The smallest absolute Gasteiger partial charge is 0.235 e. The van der Waals surface area contributed by atoms with Crippen LogP contribution in [0.1, 0.15) is 16.9 Å². The van der Waals surface area contributed by atoms with Gasteiger partial charge in [-0.2, -0.15) is 0 Å². The van der Waals surface area contributed by atoms with E-state index in [9.17, 15) is 4.79 Å². The van der Waals surface area contributed by atoms with Gasteiger partial charge in [0.05, 0.1) is 18.1 Å². The average Bonchev–Trinajstić information content (AvgIpc) is 2.83. The Labute approximate surface area is 206 Å². The molecule has 0 saturated carbocycles. The molecule has 0 atom stereocenters. The lowest BCUT2D eigenvalue weighted by molar-refractivity contribution is 0.0890. The zero-order valence-corrected chi connectivity index (χ0v) is 20.1. The second-order valence-corrected chi connectivity index (χ2v) is 8.83. The first-order valence-corrected chi connectivity index (χ1v) is 11.4. The third-order valence-electron chi connectivity index (χ3n) is 5.72. The maximum atomic E-state index is 13.4. The van der Waals surface area contributed by atoms with Gasteiger partial charge in [-0.3, -0.25) is 9.69 Å². The molecule has 0 saturated heterocycles. The zero-order chi connectivity index (χ0) is 23.8. The van der Waals surface area contributed by atoms with Crippen molar-refractivity contribution in [3.63, 3.8) is 0 Å². The molecule has 0 fully saturated rings. The normalized spacial score (nSPS) is 13.4. The second kappa shape index (κ2) is 9.22. The van der Waals surface area contributed by atoms with Crippen molar-refractivity contribution in [2.75, 3.05) is 13.8 Å². The lowest BCUT2D eigenvalue weighted by Crippen LogP contribution is -2.32. The Morgan fingerprint density at radius 3 is 2.62 bits per heavy atom. The highest BCUT2D eigenvalue weighted by molar-refractivity contribution is 6.35. The summed E-state index contributed by atoms with van der Waals surface area (Å²) in [6.07, 6.45) is 0. The minimum Gasteiger partial charge on any atom is -0.493 e. The number of benzene rings is 3. The summed E-state index contributed by atoms with van der Waals surface area (Å²) in [6.45, 7) is 3.18. The molecule has 5 rings (SSSR count). The molecular weight excluding hydrogens is 477 g/mol. The second-order valence-electron chi connectivity index (χ2n) is 7.98. The number of para-hydroxylation sites is 2. The third-order valence-corrected chi connectivity index (χ3v) is 6.30. The largest absolute Gasteiger partial charge is 0.493 e. The van der Waals surface area contributed by atoms with E-state index in [1.54, 1.807) is 44.4 Å². The van der Waals surface area contributed by atoms with E-state index in [0.29, 0.717) is 63.8 Å². The molecule has 1 aromatic heterocycles. The van der Waals surface area contributed by atoms with E-state index < -0.39 is 0 Å². The van der Waals surface area contributed by atoms with Crippen molar-refractivity contribution in [1.82, 2.24) is 4.90 Å². The summed E-state index contributed by atoms with van der Waals surface area (Å²) in [6, 6.07) is 16.1. The Bertz CT molecular complexity index is 1450. The monoisotopic (exact) mass is 497 g/mol. The lowest BCUT2D eigenvalue weighted by atomic mass is 10.1. The molecule has 1 aliphatic heterocycles. The fraction of sp³-hybridized carbons (Fsp3) is 0.192. The fourth-order valence-electron chi connectivity index (χ4n) is 4.03. The Morgan fingerprint density at radius 1 is 1.06 bits per heavy atom. The predicted octanol–water partition coefficient (Wildman–Crippen LogP) is 6.56. The van der Waals surface area contributed by atoms with Crippen LogP contribution in [0, 0.1) is 6.92 Å². The van der Waals surface area contributed by atoms with E-state index in [1.165, 1.54) is 0 Å². The van der Waals surface area contributed by atoms with Gasteiger partial charge < -0.3 is 18.6 Å². The standard InChI is InChI=1S/C26H21Cl2NO5/c1-15-25(34-23-6-4-3-5-22(23)31-2)24(30)18-9-10-21-19(26(18)33-15)13-29(14-32-21)12-16-7-8-17(27)11-20(16)28/h3-11H,12-14H2,1-2H3. The minimum atomic E-state index is -0.259. The molecule has 0 aliphatic carbocycles. The number of rotatable bonds is 5. The van der Waals surface area contributed by atoms with Crippen molar-refractivity contribution in [2.24, 2.45) is 0 Å². The summed E-state index contributed by atoms with van der Waals surface area (Å²) >= 11 is 12.4.